The van der Waals surface area contributed by atoms with Crippen molar-refractivity contribution in [2.45, 2.75) is 31.3 Å². The van der Waals surface area contributed by atoms with Crippen LogP contribution in [0.25, 0.3) is 11.1 Å². The Bertz CT molecular complexity index is 878. The van der Waals surface area contributed by atoms with Crippen molar-refractivity contribution in [2.24, 2.45) is 5.92 Å². The van der Waals surface area contributed by atoms with Crippen LogP contribution in [0.15, 0.2) is 42.7 Å². The van der Waals surface area contributed by atoms with E-state index in [4.69, 9.17) is 0 Å². The molecule has 2 aliphatic heterocycles. The van der Waals surface area contributed by atoms with Gasteiger partial charge in [-0.15, -0.1) is 0 Å². The fourth-order valence-electron chi connectivity index (χ4n) is 4.39. The standard InChI is InChI=1S/C21H23N3O3/c1-23(2)16-5-3-13(4-6-16)14-9-15(12-22-11-14)20(25)24-17-7-8-19(24)18(10-17)21(26)27/h3-6,9,11-12,17-19H,7-8,10H2,1-2H3,(H,26,27)/t17-,18-,19+/m1/s1. The van der Waals surface area contributed by atoms with Gasteiger partial charge in [0.1, 0.15) is 0 Å². The number of nitrogens with zero attached hydrogens (tertiary/aromatic N) is 3. The molecule has 1 aromatic carbocycles. The number of anilines is 1. The lowest BCUT2D eigenvalue weighted by molar-refractivity contribution is -0.142. The number of pyridine rings is 1. The summed E-state index contributed by atoms with van der Waals surface area (Å²) in [5.41, 5.74) is 3.50. The Kier molecular flexibility index (Phi) is 4.34. The van der Waals surface area contributed by atoms with Gasteiger partial charge in [-0.2, -0.15) is 0 Å². The number of aromatic nitrogens is 1. The first kappa shape index (κ1) is 17.5. The molecule has 0 spiro atoms. The third-order valence-corrected chi connectivity index (χ3v) is 5.79. The number of hydrogen-bond acceptors (Lipinski definition) is 4. The Morgan fingerprint density at radius 1 is 1.11 bits per heavy atom. The summed E-state index contributed by atoms with van der Waals surface area (Å²) in [5, 5.41) is 9.41. The molecule has 0 saturated carbocycles. The maximum Gasteiger partial charge on any atom is 0.308 e. The zero-order chi connectivity index (χ0) is 19.1. The molecular formula is C21H23N3O3. The maximum atomic E-state index is 13.1. The molecule has 140 valence electrons. The van der Waals surface area contributed by atoms with E-state index in [1.54, 1.807) is 17.3 Å². The first-order valence-corrected chi connectivity index (χ1v) is 9.24. The number of fused-ring (bicyclic) bond motifs is 2. The van der Waals surface area contributed by atoms with Gasteiger partial charge in [0, 0.05) is 49.8 Å². The summed E-state index contributed by atoms with van der Waals surface area (Å²) >= 11 is 0. The first-order chi connectivity index (χ1) is 13.0. The van der Waals surface area contributed by atoms with E-state index in [9.17, 15) is 14.7 Å². The van der Waals surface area contributed by atoms with Crippen molar-refractivity contribution >= 4 is 17.6 Å². The summed E-state index contributed by atoms with van der Waals surface area (Å²) in [5.74, 6) is -1.35. The molecule has 6 nitrogen and oxygen atoms in total. The van der Waals surface area contributed by atoms with E-state index in [1.807, 2.05) is 49.3 Å². The average molecular weight is 365 g/mol. The van der Waals surface area contributed by atoms with E-state index in [2.05, 4.69) is 4.98 Å². The first-order valence-electron chi connectivity index (χ1n) is 9.24. The van der Waals surface area contributed by atoms with Crippen molar-refractivity contribution in [1.82, 2.24) is 9.88 Å². The SMILES string of the molecule is CN(C)c1ccc(-c2cncc(C(=O)N3[C@@H]4CC[C@H]3[C@H](C(=O)O)C4)c2)cc1. The molecule has 27 heavy (non-hydrogen) atoms. The van der Waals surface area contributed by atoms with Gasteiger partial charge in [-0.1, -0.05) is 12.1 Å². The van der Waals surface area contributed by atoms with Crippen molar-refractivity contribution < 1.29 is 14.7 Å². The molecule has 0 aliphatic carbocycles. The minimum atomic E-state index is -0.798. The highest BCUT2D eigenvalue weighted by molar-refractivity contribution is 5.96. The van der Waals surface area contributed by atoms with Crippen LogP contribution in [0.2, 0.25) is 0 Å². The smallest absolute Gasteiger partial charge is 0.308 e. The van der Waals surface area contributed by atoms with Crippen molar-refractivity contribution in [3.05, 3.63) is 48.3 Å². The quantitative estimate of drug-likeness (QED) is 0.902. The molecule has 2 aliphatic rings. The highest BCUT2D eigenvalue weighted by Crippen LogP contribution is 2.42. The van der Waals surface area contributed by atoms with Crippen LogP contribution in [0.1, 0.15) is 29.6 Å². The lowest BCUT2D eigenvalue weighted by Gasteiger charge is -2.23. The average Bonchev–Trinajstić information content (AvgIpc) is 3.26. The summed E-state index contributed by atoms with van der Waals surface area (Å²) in [6, 6.07) is 9.79. The van der Waals surface area contributed by atoms with Gasteiger partial charge in [0.05, 0.1) is 11.5 Å². The molecule has 2 saturated heterocycles. The Balaban J connectivity index is 1.59. The highest BCUT2D eigenvalue weighted by Gasteiger charge is 2.51. The number of amides is 1. The number of rotatable bonds is 4. The van der Waals surface area contributed by atoms with Crippen LogP contribution < -0.4 is 4.90 Å². The van der Waals surface area contributed by atoms with Crippen molar-refractivity contribution in [1.29, 1.82) is 0 Å². The Morgan fingerprint density at radius 3 is 2.48 bits per heavy atom. The number of hydrogen-bond donors (Lipinski definition) is 1. The summed E-state index contributed by atoms with van der Waals surface area (Å²) in [6.45, 7) is 0. The largest absolute Gasteiger partial charge is 0.481 e. The van der Waals surface area contributed by atoms with Crippen molar-refractivity contribution in [3.8, 4) is 11.1 Å². The van der Waals surface area contributed by atoms with Gasteiger partial charge < -0.3 is 14.9 Å². The molecule has 6 heteroatoms. The zero-order valence-corrected chi connectivity index (χ0v) is 15.5. The fourth-order valence-corrected chi connectivity index (χ4v) is 4.39. The molecule has 3 heterocycles. The predicted molar refractivity (Wildman–Crippen MR) is 103 cm³/mol. The molecular weight excluding hydrogens is 342 g/mol. The number of carbonyl (C=O) groups excluding carboxylic acids is 1. The molecule has 1 amide bonds. The lowest BCUT2D eigenvalue weighted by Crippen LogP contribution is -2.37. The van der Waals surface area contributed by atoms with Crippen LogP contribution in [0.5, 0.6) is 0 Å². The van der Waals surface area contributed by atoms with E-state index in [0.717, 1.165) is 29.7 Å². The number of carboxylic acid groups (broad SMARTS) is 1. The topological polar surface area (TPSA) is 73.7 Å². The zero-order valence-electron chi connectivity index (χ0n) is 15.5. The molecule has 3 atom stereocenters. The molecule has 2 bridgehead atoms. The summed E-state index contributed by atoms with van der Waals surface area (Å²) < 4.78 is 0. The van der Waals surface area contributed by atoms with Crippen molar-refractivity contribution in [3.63, 3.8) is 0 Å². The molecule has 0 unspecified atom stereocenters. The van der Waals surface area contributed by atoms with Crippen LogP contribution in [0, 0.1) is 5.92 Å². The van der Waals surface area contributed by atoms with E-state index in [1.165, 1.54) is 0 Å². The Morgan fingerprint density at radius 2 is 1.85 bits per heavy atom. The predicted octanol–water partition coefficient (Wildman–Crippen LogP) is 2.89. The molecule has 1 N–H and O–H groups in total. The van der Waals surface area contributed by atoms with Crippen LogP contribution in [-0.2, 0) is 4.79 Å². The second-order valence-electron chi connectivity index (χ2n) is 7.59. The van der Waals surface area contributed by atoms with E-state index < -0.39 is 11.9 Å². The van der Waals surface area contributed by atoms with Gasteiger partial charge in [0.25, 0.3) is 5.91 Å². The van der Waals surface area contributed by atoms with Gasteiger partial charge in [-0.05, 0) is 43.0 Å². The fraction of sp³-hybridized carbons (Fsp3) is 0.381. The van der Waals surface area contributed by atoms with E-state index >= 15 is 0 Å². The second-order valence-corrected chi connectivity index (χ2v) is 7.59. The molecule has 4 rings (SSSR count). The number of benzene rings is 1. The highest BCUT2D eigenvalue weighted by atomic mass is 16.4. The van der Waals surface area contributed by atoms with Crippen molar-refractivity contribution in [2.75, 3.05) is 19.0 Å². The summed E-state index contributed by atoms with van der Waals surface area (Å²) in [7, 11) is 3.98. The summed E-state index contributed by atoms with van der Waals surface area (Å²) in [4.78, 5) is 32.6. The normalized spacial score (nSPS) is 23.5. The van der Waals surface area contributed by atoms with E-state index in [0.29, 0.717) is 12.0 Å². The number of carboxylic acids is 1. The van der Waals surface area contributed by atoms with Gasteiger partial charge in [-0.25, -0.2) is 0 Å². The monoisotopic (exact) mass is 365 g/mol. The van der Waals surface area contributed by atoms with Crippen LogP contribution in [0.4, 0.5) is 5.69 Å². The van der Waals surface area contributed by atoms with Crippen LogP contribution >= 0.6 is 0 Å². The minimum absolute atomic E-state index is 0.0339. The van der Waals surface area contributed by atoms with Gasteiger partial charge >= 0.3 is 5.97 Å². The Hall–Kier alpha value is -2.89. The third kappa shape index (κ3) is 3.05. The van der Waals surface area contributed by atoms with Gasteiger partial charge in [-0.3, -0.25) is 14.6 Å². The molecule has 1 aromatic heterocycles. The molecule has 2 fully saturated rings. The van der Waals surface area contributed by atoms with Crippen LogP contribution in [0.3, 0.4) is 0 Å². The number of carbonyl (C=O) groups is 2. The van der Waals surface area contributed by atoms with Gasteiger partial charge in [0.2, 0.25) is 0 Å². The maximum absolute atomic E-state index is 13.1. The second kappa shape index (κ2) is 6.68. The van der Waals surface area contributed by atoms with E-state index in [-0.39, 0.29) is 18.0 Å². The summed E-state index contributed by atoms with van der Waals surface area (Å²) in [6.07, 6.45) is 5.55. The molecule has 2 aromatic rings. The van der Waals surface area contributed by atoms with Crippen LogP contribution in [-0.4, -0.2) is 53.0 Å². The third-order valence-electron chi connectivity index (χ3n) is 5.79. The Labute approximate surface area is 158 Å². The molecule has 0 radical (unpaired) electrons. The van der Waals surface area contributed by atoms with Gasteiger partial charge in [0.15, 0.2) is 0 Å². The lowest BCUT2D eigenvalue weighted by atomic mass is 9.89. The number of aliphatic carboxylic acids is 1. The minimum Gasteiger partial charge on any atom is -0.481 e.